The van der Waals surface area contributed by atoms with Crippen LogP contribution >= 0.6 is 0 Å². The number of para-hydroxylation sites is 1. The molecule has 0 spiro atoms. The number of anilines is 1. The molecule has 2 amide bonds. The standard InChI is InChI=1S/C33H25N5O2/c34-18-26-7-1-3-9-29(26)24-11-13-25(14-12-24)33(40)38-22-28-15-16-31(32(39)36-20-23-6-5-17-35-19-23)37(28)21-27-8-2-4-10-30(27)38/h1-17,19H,20-22H2,(H,36,39). The van der Waals surface area contributed by atoms with Crippen LogP contribution < -0.4 is 10.2 Å². The first-order chi connectivity index (χ1) is 19.6. The third-order valence-electron chi connectivity index (χ3n) is 7.15. The van der Waals surface area contributed by atoms with Crippen LogP contribution in [0.5, 0.6) is 0 Å². The number of nitrogens with zero attached hydrogens (tertiary/aromatic N) is 4. The summed E-state index contributed by atoms with van der Waals surface area (Å²) >= 11 is 0. The smallest absolute Gasteiger partial charge is 0.268 e. The molecule has 0 radical (unpaired) electrons. The quantitative estimate of drug-likeness (QED) is 0.327. The van der Waals surface area contributed by atoms with Crippen LogP contribution in [0.1, 0.15) is 43.2 Å². The van der Waals surface area contributed by atoms with E-state index in [1.165, 1.54) is 0 Å². The van der Waals surface area contributed by atoms with Crippen LogP contribution in [0.2, 0.25) is 0 Å². The van der Waals surface area contributed by atoms with Crippen molar-refractivity contribution in [3.05, 3.63) is 143 Å². The lowest BCUT2D eigenvalue weighted by Crippen LogP contribution is -2.30. The van der Waals surface area contributed by atoms with Gasteiger partial charge in [-0.25, -0.2) is 0 Å². The van der Waals surface area contributed by atoms with Crippen LogP contribution in [-0.4, -0.2) is 21.4 Å². The maximum Gasteiger partial charge on any atom is 0.268 e. The lowest BCUT2D eigenvalue weighted by molar-refractivity contribution is 0.0941. The van der Waals surface area contributed by atoms with Crippen molar-refractivity contribution < 1.29 is 9.59 Å². The Labute approximate surface area is 232 Å². The Morgan fingerprint density at radius 3 is 2.48 bits per heavy atom. The highest BCUT2D eigenvalue weighted by molar-refractivity contribution is 6.07. The molecule has 7 heteroatoms. The molecule has 194 valence electrons. The van der Waals surface area contributed by atoms with Gasteiger partial charge in [0.1, 0.15) is 5.69 Å². The highest BCUT2D eigenvalue weighted by Crippen LogP contribution is 2.31. The topological polar surface area (TPSA) is 91.0 Å². The molecule has 1 aliphatic rings. The predicted molar refractivity (Wildman–Crippen MR) is 152 cm³/mol. The number of fused-ring (bicyclic) bond motifs is 2. The van der Waals surface area contributed by atoms with E-state index in [0.717, 1.165) is 33.6 Å². The van der Waals surface area contributed by atoms with E-state index in [1.54, 1.807) is 35.5 Å². The van der Waals surface area contributed by atoms with E-state index in [0.29, 0.717) is 36.5 Å². The van der Waals surface area contributed by atoms with Crippen molar-refractivity contribution in [1.82, 2.24) is 14.9 Å². The number of aromatic nitrogens is 2. The summed E-state index contributed by atoms with van der Waals surface area (Å²) < 4.78 is 1.98. The Balaban J connectivity index is 1.28. The average Bonchev–Trinajstić information content (AvgIpc) is 3.33. The second kappa shape index (κ2) is 10.7. The number of nitrogens with one attached hydrogen (secondary N) is 1. The summed E-state index contributed by atoms with van der Waals surface area (Å²) in [6.45, 7) is 1.18. The number of carbonyl (C=O) groups is 2. The molecule has 3 heterocycles. The van der Waals surface area contributed by atoms with E-state index >= 15 is 0 Å². The lowest BCUT2D eigenvalue weighted by Gasteiger charge is -2.23. The fraction of sp³-hybridized carbons (Fsp3) is 0.0909. The molecule has 0 unspecified atom stereocenters. The molecule has 1 aliphatic heterocycles. The van der Waals surface area contributed by atoms with E-state index in [-0.39, 0.29) is 11.8 Å². The largest absolute Gasteiger partial charge is 0.347 e. The maximum absolute atomic E-state index is 13.9. The number of pyridine rings is 1. The second-order valence-corrected chi connectivity index (χ2v) is 9.59. The van der Waals surface area contributed by atoms with Gasteiger partial charge in [0.05, 0.1) is 24.7 Å². The normalized spacial score (nSPS) is 12.0. The molecule has 0 saturated heterocycles. The first-order valence-corrected chi connectivity index (χ1v) is 13.0. The van der Waals surface area contributed by atoms with E-state index in [4.69, 9.17) is 0 Å². The third-order valence-corrected chi connectivity index (χ3v) is 7.15. The van der Waals surface area contributed by atoms with Gasteiger partial charge in [-0.15, -0.1) is 0 Å². The molecule has 5 aromatic rings. The Kier molecular flexibility index (Phi) is 6.65. The third kappa shape index (κ3) is 4.74. The van der Waals surface area contributed by atoms with Crippen molar-refractivity contribution in [2.45, 2.75) is 19.6 Å². The van der Waals surface area contributed by atoms with Gasteiger partial charge in [0.25, 0.3) is 11.8 Å². The summed E-state index contributed by atoms with van der Waals surface area (Å²) in [6, 6.07) is 32.3. The van der Waals surface area contributed by atoms with Crippen LogP contribution in [0.25, 0.3) is 11.1 Å². The van der Waals surface area contributed by atoms with Crippen LogP contribution in [0, 0.1) is 11.3 Å². The van der Waals surface area contributed by atoms with E-state index < -0.39 is 0 Å². The van der Waals surface area contributed by atoms with Crippen molar-refractivity contribution in [2.24, 2.45) is 0 Å². The minimum atomic E-state index is -0.180. The summed E-state index contributed by atoms with van der Waals surface area (Å²) in [7, 11) is 0. The molecule has 0 bridgehead atoms. The van der Waals surface area contributed by atoms with Gasteiger partial charge in [-0.2, -0.15) is 5.26 Å². The highest BCUT2D eigenvalue weighted by atomic mass is 16.2. The van der Waals surface area contributed by atoms with Crippen molar-refractivity contribution in [3.8, 4) is 17.2 Å². The van der Waals surface area contributed by atoms with Gasteiger partial charge >= 0.3 is 0 Å². The van der Waals surface area contributed by atoms with E-state index in [9.17, 15) is 14.9 Å². The zero-order valence-electron chi connectivity index (χ0n) is 21.6. The number of rotatable bonds is 5. The van der Waals surface area contributed by atoms with Crippen molar-refractivity contribution in [2.75, 3.05) is 4.90 Å². The average molecular weight is 524 g/mol. The number of amides is 2. The van der Waals surface area contributed by atoms with Crippen molar-refractivity contribution in [1.29, 1.82) is 5.26 Å². The molecule has 0 aliphatic carbocycles. The van der Waals surface area contributed by atoms with Gasteiger partial charge < -0.3 is 14.8 Å². The monoisotopic (exact) mass is 523 g/mol. The summed E-state index contributed by atoms with van der Waals surface area (Å²) in [5, 5.41) is 12.5. The van der Waals surface area contributed by atoms with Gasteiger partial charge in [-0.05, 0) is 64.7 Å². The Hall–Kier alpha value is -5.48. The number of nitriles is 1. The van der Waals surface area contributed by atoms with Crippen LogP contribution in [-0.2, 0) is 19.6 Å². The maximum atomic E-state index is 13.9. The summed E-state index contributed by atoms with van der Waals surface area (Å²) in [6.07, 6.45) is 3.43. The Bertz CT molecular complexity index is 1750. The number of carbonyl (C=O) groups excluding carboxylic acids is 2. The molecule has 0 saturated carbocycles. The minimum absolute atomic E-state index is 0.134. The molecule has 40 heavy (non-hydrogen) atoms. The molecule has 7 nitrogen and oxygen atoms in total. The number of hydrogen-bond acceptors (Lipinski definition) is 4. The van der Waals surface area contributed by atoms with Crippen molar-refractivity contribution in [3.63, 3.8) is 0 Å². The fourth-order valence-corrected chi connectivity index (χ4v) is 5.10. The van der Waals surface area contributed by atoms with Crippen LogP contribution in [0.4, 0.5) is 5.69 Å². The first kappa shape index (κ1) is 24.8. The molecule has 1 N–H and O–H groups in total. The second-order valence-electron chi connectivity index (χ2n) is 9.59. The summed E-state index contributed by atoms with van der Waals surface area (Å²) in [5.41, 5.74) is 6.94. The van der Waals surface area contributed by atoms with E-state index in [2.05, 4.69) is 16.4 Å². The van der Waals surface area contributed by atoms with Gasteiger partial charge in [0.15, 0.2) is 0 Å². The van der Waals surface area contributed by atoms with Gasteiger partial charge in [-0.1, -0.05) is 54.6 Å². The van der Waals surface area contributed by atoms with Gasteiger partial charge in [0.2, 0.25) is 0 Å². The SMILES string of the molecule is N#Cc1ccccc1-c1ccc(C(=O)N2Cc3ccc(C(=O)NCc4cccnc4)n3Cc3ccccc32)cc1. The predicted octanol–water partition coefficient (Wildman–Crippen LogP) is 5.56. The van der Waals surface area contributed by atoms with Crippen LogP contribution in [0.3, 0.4) is 0 Å². The Morgan fingerprint density at radius 2 is 1.68 bits per heavy atom. The van der Waals surface area contributed by atoms with Gasteiger partial charge in [0, 0.05) is 35.9 Å². The number of hydrogen-bond donors (Lipinski definition) is 1. The number of benzene rings is 3. The molecule has 0 fully saturated rings. The van der Waals surface area contributed by atoms with Gasteiger partial charge in [-0.3, -0.25) is 14.6 Å². The first-order valence-electron chi connectivity index (χ1n) is 13.0. The molecular formula is C33H25N5O2. The molecule has 0 atom stereocenters. The minimum Gasteiger partial charge on any atom is -0.347 e. The lowest BCUT2D eigenvalue weighted by atomic mass is 9.99. The molecule has 6 rings (SSSR count). The Morgan fingerprint density at radius 1 is 0.875 bits per heavy atom. The van der Waals surface area contributed by atoms with Crippen molar-refractivity contribution >= 4 is 17.5 Å². The molecule has 2 aromatic heterocycles. The molecular weight excluding hydrogens is 498 g/mol. The zero-order chi connectivity index (χ0) is 27.5. The zero-order valence-corrected chi connectivity index (χ0v) is 21.6. The highest BCUT2D eigenvalue weighted by Gasteiger charge is 2.27. The van der Waals surface area contributed by atoms with Crippen LogP contribution in [0.15, 0.2) is 109 Å². The fourth-order valence-electron chi connectivity index (χ4n) is 5.10. The molecule has 3 aromatic carbocycles. The van der Waals surface area contributed by atoms with E-state index in [1.807, 2.05) is 83.4 Å². The summed E-state index contributed by atoms with van der Waals surface area (Å²) in [4.78, 5) is 32.9. The summed E-state index contributed by atoms with van der Waals surface area (Å²) in [5.74, 6) is -0.314.